The van der Waals surface area contributed by atoms with Gasteiger partial charge in [-0.25, -0.2) is 0 Å². The average Bonchev–Trinajstić information content (AvgIpc) is 2.62. The Morgan fingerprint density at radius 3 is 2.42 bits per heavy atom. The molecule has 134 valence electrons. The minimum Gasteiger partial charge on any atom is -0.381 e. The van der Waals surface area contributed by atoms with Gasteiger partial charge in [-0.15, -0.1) is 0 Å². The lowest BCUT2D eigenvalue weighted by Gasteiger charge is -2.38. The van der Waals surface area contributed by atoms with Crippen LogP contribution in [0.15, 0.2) is 30.3 Å². The number of piperazine rings is 1. The first-order chi connectivity index (χ1) is 11.6. The highest BCUT2D eigenvalue weighted by Gasteiger charge is 2.29. The van der Waals surface area contributed by atoms with Crippen LogP contribution in [0.4, 0.5) is 0 Å². The maximum Gasteiger partial charge on any atom is 0.0471 e. The molecule has 2 fully saturated rings. The summed E-state index contributed by atoms with van der Waals surface area (Å²) in [6, 6.07) is 11.4. The third kappa shape index (κ3) is 5.03. The van der Waals surface area contributed by atoms with Crippen molar-refractivity contribution in [2.24, 2.45) is 5.41 Å². The van der Waals surface area contributed by atoms with E-state index in [1.54, 1.807) is 0 Å². The Hall–Kier alpha value is -0.940. The zero-order chi connectivity index (χ0) is 16.8. The summed E-state index contributed by atoms with van der Waals surface area (Å²) < 4.78 is 5.55. The molecule has 3 rings (SSSR count). The monoisotopic (exact) mass is 331 g/mol. The first-order valence-electron chi connectivity index (χ1n) is 9.42. The summed E-state index contributed by atoms with van der Waals surface area (Å²) in [6.45, 7) is 11.1. The standard InChI is InChI=1S/C20H33N3O/c1-20(8-14-24-15-9-20)17-21-19(18-6-4-3-5-7-18)16-23-12-10-22(2)11-13-23/h3-7,19,21H,8-17H2,1-2H3/t19-/m1/s1. The molecule has 1 aromatic rings. The van der Waals surface area contributed by atoms with Crippen LogP contribution in [0.3, 0.4) is 0 Å². The number of hydrogen-bond acceptors (Lipinski definition) is 4. The van der Waals surface area contributed by atoms with E-state index in [0.29, 0.717) is 11.5 Å². The molecule has 0 saturated carbocycles. The second-order valence-corrected chi connectivity index (χ2v) is 7.87. The fraction of sp³-hybridized carbons (Fsp3) is 0.700. The van der Waals surface area contributed by atoms with Crippen LogP contribution < -0.4 is 5.32 Å². The molecule has 1 aromatic carbocycles. The Bertz CT molecular complexity index is 479. The molecule has 0 unspecified atom stereocenters. The number of rotatable bonds is 6. The summed E-state index contributed by atoms with van der Waals surface area (Å²) in [4.78, 5) is 5.03. The molecule has 2 aliphatic rings. The van der Waals surface area contributed by atoms with Gasteiger partial charge in [0.1, 0.15) is 0 Å². The first-order valence-corrected chi connectivity index (χ1v) is 9.42. The van der Waals surface area contributed by atoms with Gasteiger partial charge in [-0.05, 0) is 30.9 Å². The Kier molecular flexibility index (Phi) is 6.28. The number of likely N-dealkylation sites (N-methyl/N-ethyl adjacent to an activating group) is 1. The topological polar surface area (TPSA) is 27.7 Å². The number of nitrogens with zero attached hydrogens (tertiary/aromatic N) is 2. The van der Waals surface area contributed by atoms with Crippen LogP contribution >= 0.6 is 0 Å². The van der Waals surface area contributed by atoms with E-state index in [0.717, 1.165) is 39.1 Å². The molecule has 0 radical (unpaired) electrons. The summed E-state index contributed by atoms with van der Waals surface area (Å²) in [5.74, 6) is 0. The summed E-state index contributed by atoms with van der Waals surface area (Å²) in [7, 11) is 2.22. The van der Waals surface area contributed by atoms with Crippen molar-refractivity contribution >= 4 is 0 Å². The zero-order valence-electron chi connectivity index (χ0n) is 15.3. The average molecular weight is 332 g/mol. The van der Waals surface area contributed by atoms with Crippen LogP contribution in [-0.2, 0) is 4.74 Å². The minimum absolute atomic E-state index is 0.368. The third-order valence-corrected chi connectivity index (χ3v) is 5.71. The van der Waals surface area contributed by atoms with Crippen LogP contribution in [0.5, 0.6) is 0 Å². The molecule has 24 heavy (non-hydrogen) atoms. The maximum absolute atomic E-state index is 5.55. The molecule has 0 spiro atoms. The van der Waals surface area contributed by atoms with Gasteiger partial charge in [0.2, 0.25) is 0 Å². The van der Waals surface area contributed by atoms with Gasteiger partial charge in [0.15, 0.2) is 0 Å². The Balaban J connectivity index is 1.61. The highest BCUT2D eigenvalue weighted by atomic mass is 16.5. The normalized spacial score (nSPS) is 23.9. The molecular weight excluding hydrogens is 298 g/mol. The van der Waals surface area contributed by atoms with Crippen LogP contribution in [0.2, 0.25) is 0 Å². The molecule has 0 bridgehead atoms. The Labute approximate surface area is 147 Å². The van der Waals surface area contributed by atoms with Crippen molar-refractivity contribution in [2.45, 2.75) is 25.8 Å². The van der Waals surface area contributed by atoms with Gasteiger partial charge in [0.25, 0.3) is 0 Å². The second-order valence-electron chi connectivity index (χ2n) is 7.87. The lowest BCUT2D eigenvalue weighted by Crippen LogP contribution is -2.48. The van der Waals surface area contributed by atoms with Crippen molar-refractivity contribution in [3.8, 4) is 0 Å². The molecule has 2 heterocycles. The summed E-state index contributed by atoms with van der Waals surface area (Å²) in [5, 5.41) is 3.89. The van der Waals surface area contributed by atoms with Gasteiger partial charge in [0.05, 0.1) is 0 Å². The predicted molar refractivity (Wildman–Crippen MR) is 99.3 cm³/mol. The first kappa shape index (κ1) is 17.9. The highest BCUT2D eigenvalue weighted by molar-refractivity contribution is 5.19. The number of benzene rings is 1. The summed E-state index contributed by atoms with van der Waals surface area (Å²) in [6.07, 6.45) is 2.33. The van der Waals surface area contributed by atoms with Crippen molar-refractivity contribution in [3.05, 3.63) is 35.9 Å². The summed E-state index contributed by atoms with van der Waals surface area (Å²) in [5.41, 5.74) is 1.78. The molecule has 1 atom stereocenters. The van der Waals surface area contributed by atoms with Gasteiger partial charge < -0.3 is 15.0 Å². The SMILES string of the molecule is CN1CCN(C[C@@H](NCC2(C)CCOCC2)c2ccccc2)CC1. The van der Waals surface area contributed by atoms with E-state index in [1.807, 2.05) is 0 Å². The van der Waals surface area contributed by atoms with Crippen molar-refractivity contribution in [2.75, 3.05) is 59.5 Å². The van der Waals surface area contributed by atoms with Gasteiger partial charge in [0, 0.05) is 58.5 Å². The van der Waals surface area contributed by atoms with E-state index >= 15 is 0 Å². The van der Waals surface area contributed by atoms with E-state index in [9.17, 15) is 0 Å². The van der Waals surface area contributed by atoms with Gasteiger partial charge in [-0.3, -0.25) is 4.90 Å². The van der Waals surface area contributed by atoms with Crippen LogP contribution in [0.25, 0.3) is 0 Å². The van der Waals surface area contributed by atoms with Crippen LogP contribution in [0.1, 0.15) is 31.4 Å². The molecule has 2 aliphatic heterocycles. The largest absolute Gasteiger partial charge is 0.381 e. The Morgan fingerprint density at radius 1 is 1.08 bits per heavy atom. The molecule has 0 amide bonds. The fourth-order valence-corrected chi connectivity index (χ4v) is 3.67. The number of nitrogens with one attached hydrogen (secondary N) is 1. The Morgan fingerprint density at radius 2 is 1.75 bits per heavy atom. The smallest absolute Gasteiger partial charge is 0.0471 e. The van der Waals surface area contributed by atoms with E-state index < -0.39 is 0 Å². The van der Waals surface area contributed by atoms with Crippen LogP contribution in [0, 0.1) is 5.41 Å². The summed E-state index contributed by atoms with van der Waals surface area (Å²) >= 11 is 0. The van der Waals surface area contributed by atoms with Gasteiger partial charge >= 0.3 is 0 Å². The lowest BCUT2D eigenvalue weighted by molar-refractivity contribution is 0.0219. The highest BCUT2D eigenvalue weighted by Crippen LogP contribution is 2.29. The number of hydrogen-bond donors (Lipinski definition) is 1. The maximum atomic E-state index is 5.55. The molecule has 1 N–H and O–H groups in total. The van der Waals surface area contributed by atoms with Crippen molar-refractivity contribution in [1.29, 1.82) is 0 Å². The van der Waals surface area contributed by atoms with Gasteiger partial charge in [-0.1, -0.05) is 37.3 Å². The molecule has 4 nitrogen and oxygen atoms in total. The quantitative estimate of drug-likeness (QED) is 0.866. The van der Waals surface area contributed by atoms with Crippen LogP contribution in [-0.4, -0.2) is 69.3 Å². The minimum atomic E-state index is 0.368. The van der Waals surface area contributed by atoms with Crippen molar-refractivity contribution in [3.63, 3.8) is 0 Å². The van der Waals surface area contributed by atoms with E-state index in [2.05, 4.69) is 59.4 Å². The third-order valence-electron chi connectivity index (χ3n) is 5.71. The van der Waals surface area contributed by atoms with E-state index in [-0.39, 0.29) is 0 Å². The number of ether oxygens (including phenoxy) is 1. The van der Waals surface area contributed by atoms with Crippen molar-refractivity contribution in [1.82, 2.24) is 15.1 Å². The lowest BCUT2D eigenvalue weighted by atomic mass is 9.82. The zero-order valence-corrected chi connectivity index (χ0v) is 15.3. The van der Waals surface area contributed by atoms with E-state index in [4.69, 9.17) is 4.74 Å². The second kappa shape index (κ2) is 8.43. The van der Waals surface area contributed by atoms with E-state index in [1.165, 1.54) is 31.7 Å². The molecule has 0 aliphatic carbocycles. The predicted octanol–water partition coefficient (Wildman–Crippen LogP) is 2.38. The fourth-order valence-electron chi connectivity index (χ4n) is 3.67. The molecular formula is C20H33N3O. The molecule has 2 saturated heterocycles. The van der Waals surface area contributed by atoms with Gasteiger partial charge in [-0.2, -0.15) is 0 Å². The molecule has 4 heteroatoms. The molecule has 0 aromatic heterocycles. The van der Waals surface area contributed by atoms with Crippen molar-refractivity contribution < 1.29 is 4.74 Å².